The smallest absolute Gasteiger partial charge is 0.338 e. The normalized spacial score (nSPS) is 14.6. The van der Waals surface area contributed by atoms with Crippen molar-refractivity contribution >= 4 is 17.6 Å². The number of carbonyl (C=O) groups is 2. The summed E-state index contributed by atoms with van der Waals surface area (Å²) in [6.45, 7) is 0.980. The molecule has 0 aromatic heterocycles. The third-order valence-electron chi connectivity index (χ3n) is 3.90. The number of carbonyl (C=O) groups excluding carboxylic acids is 2. The Bertz CT molecular complexity index is 623. The SMILES string of the molecule is COc1ccc(C(=O)OCC(=O)N2CCCCCC2)cc1[N+](=O)[O-]. The van der Waals surface area contributed by atoms with Gasteiger partial charge >= 0.3 is 11.7 Å². The molecule has 0 spiro atoms. The van der Waals surface area contributed by atoms with Gasteiger partial charge in [-0.2, -0.15) is 0 Å². The summed E-state index contributed by atoms with van der Waals surface area (Å²) < 4.78 is 9.87. The maximum Gasteiger partial charge on any atom is 0.338 e. The van der Waals surface area contributed by atoms with Crippen LogP contribution in [0.2, 0.25) is 0 Å². The van der Waals surface area contributed by atoms with Gasteiger partial charge in [-0.15, -0.1) is 0 Å². The molecule has 0 atom stereocenters. The number of nitro groups is 1. The highest BCUT2D eigenvalue weighted by molar-refractivity contribution is 5.92. The minimum Gasteiger partial charge on any atom is -0.490 e. The van der Waals surface area contributed by atoms with Gasteiger partial charge in [-0.3, -0.25) is 14.9 Å². The van der Waals surface area contributed by atoms with Crippen LogP contribution in [0.1, 0.15) is 36.0 Å². The summed E-state index contributed by atoms with van der Waals surface area (Å²) in [5, 5.41) is 11.0. The van der Waals surface area contributed by atoms with E-state index in [0.717, 1.165) is 31.7 Å². The standard InChI is InChI=1S/C16H20N2O6/c1-23-14-7-6-12(10-13(14)18(21)22)16(20)24-11-15(19)17-8-4-2-3-5-9-17/h6-7,10H,2-5,8-9,11H2,1H3. The number of esters is 1. The lowest BCUT2D eigenvalue weighted by Gasteiger charge is -2.19. The summed E-state index contributed by atoms with van der Waals surface area (Å²) in [6, 6.07) is 3.77. The lowest BCUT2D eigenvalue weighted by molar-refractivity contribution is -0.385. The topological polar surface area (TPSA) is 99.0 Å². The van der Waals surface area contributed by atoms with Crippen molar-refractivity contribution in [2.45, 2.75) is 25.7 Å². The Morgan fingerprint density at radius 1 is 1.21 bits per heavy atom. The summed E-state index contributed by atoms with van der Waals surface area (Å²) in [6.07, 6.45) is 4.09. The van der Waals surface area contributed by atoms with Crippen molar-refractivity contribution in [2.75, 3.05) is 26.8 Å². The first-order valence-electron chi connectivity index (χ1n) is 7.80. The predicted octanol–water partition coefficient (Wildman–Crippen LogP) is 2.16. The van der Waals surface area contributed by atoms with Crippen LogP contribution < -0.4 is 4.74 Å². The third-order valence-corrected chi connectivity index (χ3v) is 3.90. The molecule has 1 saturated heterocycles. The number of nitro benzene ring substituents is 1. The van der Waals surface area contributed by atoms with E-state index in [4.69, 9.17) is 9.47 Å². The fourth-order valence-corrected chi connectivity index (χ4v) is 2.58. The Morgan fingerprint density at radius 3 is 2.46 bits per heavy atom. The zero-order valence-corrected chi connectivity index (χ0v) is 13.5. The van der Waals surface area contributed by atoms with Gasteiger partial charge < -0.3 is 14.4 Å². The van der Waals surface area contributed by atoms with Gasteiger partial charge in [0.15, 0.2) is 12.4 Å². The van der Waals surface area contributed by atoms with Crippen molar-refractivity contribution < 1.29 is 24.0 Å². The van der Waals surface area contributed by atoms with Crippen LogP contribution in [0.3, 0.4) is 0 Å². The lowest BCUT2D eigenvalue weighted by Crippen LogP contribution is -2.35. The number of methoxy groups -OCH3 is 1. The number of likely N-dealkylation sites (tertiary alicyclic amines) is 1. The predicted molar refractivity (Wildman–Crippen MR) is 85.0 cm³/mol. The Morgan fingerprint density at radius 2 is 1.88 bits per heavy atom. The van der Waals surface area contributed by atoms with Gasteiger partial charge in [0.2, 0.25) is 0 Å². The molecule has 1 aromatic carbocycles. The van der Waals surface area contributed by atoms with Crippen molar-refractivity contribution in [3.8, 4) is 5.75 Å². The summed E-state index contributed by atoms with van der Waals surface area (Å²) in [5.41, 5.74) is -0.322. The van der Waals surface area contributed by atoms with E-state index in [-0.39, 0.29) is 29.5 Å². The van der Waals surface area contributed by atoms with E-state index in [1.54, 1.807) is 4.90 Å². The highest BCUT2D eigenvalue weighted by Gasteiger charge is 2.21. The molecule has 1 heterocycles. The quantitative estimate of drug-likeness (QED) is 0.464. The summed E-state index contributed by atoms with van der Waals surface area (Å²) in [7, 11) is 1.31. The maximum absolute atomic E-state index is 12.1. The molecule has 0 bridgehead atoms. The molecule has 0 saturated carbocycles. The molecule has 0 radical (unpaired) electrons. The second-order valence-corrected chi connectivity index (χ2v) is 5.51. The fraction of sp³-hybridized carbons (Fsp3) is 0.500. The summed E-state index contributed by atoms with van der Waals surface area (Å²) >= 11 is 0. The molecule has 8 nitrogen and oxygen atoms in total. The second-order valence-electron chi connectivity index (χ2n) is 5.51. The van der Waals surface area contributed by atoms with Crippen LogP contribution in [0.15, 0.2) is 18.2 Å². The number of rotatable bonds is 5. The number of amides is 1. The number of hydrogen-bond acceptors (Lipinski definition) is 6. The molecule has 1 aliphatic rings. The molecule has 24 heavy (non-hydrogen) atoms. The second kappa shape index (κ2) is 8.28. The monoisotopic (exact) mass is 336 g/mol. The highest BCUT2D eigenvalue weighted by Crippen LogP contribution is 2.27. The van der Waals surface area contributed by atoms with E-state index >= 15 is 0 Å². The fourth-order valence-electron chi connectivity index (χ4n) is 2.58. The number of benzene rings is 1. The van der Waals surface area contributed by atoms with Crippen LogP contribution >= 0.6 is 0 Å². The van der Waals surface area contributed by atoms with E-state index in [9.17, 15) is 19.7 Å². The van der Waals surface area contributed by atoms with Gasteiger partial charge in [-0.05, 0) is 25.0 Å². The molecule has 1 fully saturated rings. The van der Waals surface area contributed by atoms with E-state index < -0.39 is 10.9 Å². The Hall–Kier alpha value is -2.64. The Kier molecular flexibility index (Phi) is 6.11. The summed E-state index contributed by atoms with van der Waals surface area (Å²) in [4.78, 5) is 36.1. The average Bonchev–Trinajstić information content (AvgIpc) is 2.88. The van der Waals surface area contributed by atoms with Gasteiger partial charge in [0, 0.05) is 19.2 Å². The van der Waals surface area contributed by atoms with Crippen molar-refractivity contribution in [1.82, 2.24) is 4.90 Å². The third kappa shape index (κ3) is 4.43. The maximum atomic E-state index is 12.1. The molecular formula is C16H20N2O6. The zero-order valence-electron chi connectivity index (χ0n) is 13.5. The van der Waals surface area contributed by atoms with E-state index in [1.807, 2.05) is 0 Å². The van der Waals surface area contributed by atoms with Crippen molar-refractivity contribution in [2.24, 2.45) is 0 Å². The van der Waals surface area contributed by atoms with E-state index in [1.165, 1.54) is 19.2 Å². The van der Waals surface area contributed by atoms with E-state index in [2.05, 4.69) is 0 Å². The van der Waals surface area contributed by atoms with Crippen molar-refractivity contribution in [3.05, 3.63) is 33.9 Å². The summed E-state index contributed by atoms with van der Waals surface area (Å²) in [5.74, 6) is -0.964. The van der Waals surface area contributed by atoms with Crippen LogP contribution in [-0.2, 0) is 9.53 Å². The minimum atomic E-state index is -0.774. The number of ether oxygens (including phenoxy) is 2. The molecule has 0 N–H and O–H groups in total. The van der Waals surface area contributed by atoms with Gasteiger partial charge in [0.25, 0.3) is 5.91 Å². The molecule has 8 heteroatoms. The largest absolute Gasteiger partial charge is 0.490 e. The van der Waals surface area contributed by atoms with Crippen LogP contribution in [0.4, 0.5) is 5.69 Å². The van der Waals surface area contributed by atoms with Crippen LogP contribution in [0, 0.1) is 10.1 Å². The Labute approximate surface area is 139 Å². The molecule has 0 aliphatic carbocycles. The first kappa shape index (κ1) is 17.7. The molecule has 0 unspecified atom stereocenters. The molecule has 2 rings (SSSR count). The molecule has 130 valence electrons. The van der Waals surface area contributed by atoms with Gasteiger partial charge in [0.1, 0.15) is 0 Å². The molecule has 1 aromatic rings. The first-order valence-corrected chi connectivity index (χ1v) is 7.80. The zero-order chi connectivity index (χ0) is 17.5. The number of hydrogen-bond donors (Lipinski definition) is 0. The Balaban J connectivity index is 1.98. The molecule has 1 aliphatic heterocycles. The highest BCUT2D eigenvalue weighted by atomic mass is 16.6. The van der Waals surface area contributed by atoms with Crippen LogP contribution in [-0.4, -0.2) is 48.5 Å². The van der Waals surface area contributed by atoms with Crippen LogP contribution in [0.25, 0.3) is 0 Å². The van der Waals surface area contributed by atoms with Crippen molar-refractivity contribution in [3.63, 3.8) is 0 Å². The lowest BCUT2D eigenvalue weighted by atomic mass is 10.2. The van der Waals surface area contributed by atoms with Gasteiger partial charge in [0.05, 0.1) is 17.6 Å². The first-order chi connectivity index (χ1) is 11.5. The van der Waals surface area contributed by atoms with Crippen molar-refractivity contribution in [1.29, 1.82) is 0 Å². The molecular weight excluding hydrogens is 316 g/mol. The number of nitrogens with zero attached hydrogens (tertiary/aromatic N) is 2. The van der Waals surface area contributed by atoms with Crippen LogP contribution in [0.5, 0.6) is 5.75 Å². The van der Waals surface area contributed by atoms with Gasteiger partial charge in [-0.1, -0.05) is 12.8 Å². The average molecular weight is 336 g/mol. The van der Waals surface area contributed by atoms with E-state index in [0.29, 0.717) is 13.1 Å². The van der Waals surface area contributed by atoms with Gasteiger partial charge in [-0.25, -0.2) is 4.79 Å². The minimum absolute atomic E-state index is 0.00571. The molecule has 1 amide bonds.